The fraction of sp³-hybridized carbons (Fsp3) is 0.212. The van der Waals surface area contributed by atoms with Gasteiger partial charge in [0.15, 0.2) is 0 Å². The maximum Gasteiger partial charge on any atom is 0.109 e. The second kappa shape index (κ2) is 5.90. The van der Waals surface area contributed by atoms with Gasteiger partial charge in [0.1, 0.15) is 8.07 Å². The molecule has 0 saturated heterocycles. The highest BCUT2D eigenvalue weighted by Crippen LogP contribution is 2.57. The van der Waals surface area contributed by atoms with Gasteiger partial charge in [-0.15, -0.1) is 0 Å². The second-order valence-electron chi connectivity index (χ2n) is 11.7. The molecule has 4 aromatic carbocycles. The van der Waals surface area contributed by atoms with E-state index >= 15 is 0 Å². The first kappa shape index (κ1) is 19.2. The smallest absolute Gasteiger partial charge is 0.0760 e. The van der Waals surface area contributed by atoms with Crippen LogP contribution >= 0.6 is 0 Å². The quantitative estimate of drug-likeness (QED) is 0.238. The number of fused-ring (bicyclic) bond motifs is 7. The third-order valence-corrected chi connectivity index (χ3v) is 13.2. The van der Waals surface area contributed by atoms with Gasteiger partial charge in [-0.1, -0.05) is 105 Å². The Hall–Kier alpha value is -3.16. The highest BCUT2D eigenvalue weighted by atomic mass is 28.3. The number of benzene rings is 4. The van der Waals surface area contributed by atoms with Gasteiger partial charge in [0.2, 0.25) is 0 Å². The molecule has 1 aliphatic heterocycles. The van der Waals surface area contributed by atoms with Crippen molar-refractivity contribution in [3.05, 3.63) is 111 Å². The van der Waals surface area contributed by atoms with Gasteiger partial charge in [0.25, 0.3) is 0 Å². The Morgan fingerprint density at radius 2 is 1.59 bits per heavy atom. The van der Waals surface area contributed by atoms with Crippen molar-refractivity contribution in [2.75, 3.05) is 0 Å². The largest absolute Gasteiger partial charge is 0.109 e. The molecule has 0 aromatic heterocycles. The summed E-state index contributed by atoms with van der Waals surface area (Å²) >= 11 is 0. The molecule has 1 heteroatoms. The lowest BCUT2D eigenvalue weighted by Crippen LogP contribution is -2.42. The molecule has 0 radical (unpaired) electrons. The van der Waals surface area contributed by atoms with E-state index in [4.69, 9.17) is 0 Å². The van der Waals surface area contributed by atoms with Crippen LogP contribution in [-0.4, -0.2) is 8.07 Å². The first-order chi connectivity index (χ1) is 16.4. The van der Waals surface area contributed by atoms with Gasteiger partial charge in [-0.25, -0.2) is 0 Å². The molecule has 0 bridgehead atoms. The van der Waals surface area contributed by atoms with E-state index in [1.807, 2.05) is 0 Å². The fourth-order valence-electron chi connectivity index (χ4n) is 7.75. The Kier molecular flexibility index (Phi) is 3.33. The zero-order valence-electron chi connectivity index (χ0n) is 20.3. The van der Waals surface area contributed by atoms with E-state index in [2.05, 4.69) is 106 Å². The molecular weight excluding hydrogens is 424 g/mol. The Morgan fingerprint density at radius 3 is 2.44 bits per heavy atom. The predicted octanol–water partition coefficient (Wildman–Crippen LogP) is 7.93. The van der Waals surface area contributed by atoms with E-state index in [0.717, 1.165) is 0 Å². The van der Waals surface area contributed by atoms with Crippen molar-refractivity contribution in [2.45, 2.75) is 44.7 Å². The average Bonchev–Trinajstić information content (AvgIpc) is 3.22. The van der Waals surface area contributed by atoms with E-state index in [-0.39, 0.29) is 5.41 Å². The average molecular weight is 453 g/mol. The molecule has 164 valence electrons. The van der Waals surface area contributed by atoms with Crippen molar-refractivity contribution in [3.8, 4) is 11.1 Å². The molecule has 1 atom stereocenters. The van der Waals surface area contributed by atoms with Crippen LogP contribution in [0.25, 0.3) is 33.5 Å². The summed E-state index contributed by atoms with van der Waals surface area (Å²) in [6.45, 7) is 9.90. The first-order valence-electron chi connectivity index (χ1n) is 12.6. The summed E-state index contributed by atoms with van der Waals surface area (Å²) in [5.41, 5.74) is 13.5. The molecule has 4 aliphatic rings. The third-order valence-electron chi connectivity index (χ3n) is 9.41. The lowest BCUT2D eigenvalue weighted by atomic mass is 9.73. The van der Waals surface area contributed by atoms with Gasteiger partial charge in [-0.2, -0.15) is 0 Å². The minimum atomic E-state index is -1.63. The topological polar surface area (TPSA) is 0 Å². The standard InChI is InChI=1S/C33H28Si/c1-33(2)25-11-7-5-9-21(25)31-23-15-14-20-18-28-32(22-10-6-8-12-27(22)34(28,3)4)24-16-13-19(17-26(31)33)29(23)30(20)24/h5-17,20H,18H2,1-4H3. The van der Waals surface area contributed by atoms with E-state index in [1.54, 1.807) is 21.5 Å². The molecule has 3 aliphatic carbocycles. The Bertz CT molecular complexity index is 1670. The van der Waals surface area contributed by atoms with Crippen LogP contribution in [0, 0.1) is 0 Å². The molecule has 4 aromatic rings. The lowest BCUT2D eigenvalue weighted by molar-refractivity contribution is 0.661. The van der Waals surface area contributed by atoms with Crippen molar-refractivity contribution in [1.82, 2.24) is 0 Å². The summed E-state index contributed by atoms with van der Waals surface area (Å²) < 4.78 is 0. The number of hydrogen-bond donors (Lipinski definition) is 0. The van der Waals surface area contributed by atoms with Gasteiger partial charge in [0.05, 0.1) is 0 Å². The number of allylic oxidation sites excluding steroid dienone is 2. The van der Waals surface area contributed by atoms with Crippen LogP contribution in [0.1, 0.15) is 59.6 Å². The van der Waals surface area contributed by atoms with Gasteiger partial charge in [0, 0.05) is 11.3 Å². The molecular formula is C33H28Si. The SMILES string of the molecule is CC1(C)c2ccccc2-c2c1cc1ccc3c4c1c2C=CC4CC1=C3c2ccccc2[Si]1(C)C. The van der Waals surface area contributed by atoms with Crippen molar-refractivity contribution < 1.29 is 0 Å². The molecule has 0 nitrogen and oxygen atoms in total. The first-order valence-corrected chi connectivity index (χ1v) is 15.6. The molecule has 1 unspecified atom stereocenters. The molecule has 8 rings (SSSR count). The molecule has 1 heterocycles. The van der Waals surface area contributed by atoms with Crippen molar-refractivity contribution >= 4 is 35.7 Å². The second-order valence-corrected chi connectivity index (χ2v) is 16.1. The lowest BCUT2D eigenvalue weighted by Gasteiger charge is -2.34. The van der Waals surface area contributed by atoms with Crippen LogP contribution in [0.5, 0.6) is 0 Å². The molecule has 0 fully saturated rings. The summed E-state index contributed by atoms with van der Waals surface area (Å²) in [5, 5.41) is 6.30. The monoisotopic (exact) mass is 452 g/mol. The highest BCUT2D eigenvalue weighted by Gasteiger charge is 2.45. The molecule has 0 amide bonds. The fourth-order valence-corrected chi connectivity index (χ4v) is 11.1. The van der Waals surface area contributed by atoms with E-state index in [1.165, 1.54) is 56.1 Å². The van der Waals surface area contributed by atoms with E-state index in [9.17, 15) is 0 Å². The van der Waals surface area contributed by atoms with Crippen LogP contribution in [0.15, 0.2) is 78.0 Å². The molecule has 34 heavy (non-hydrogen) atoms. The van der Waals surface area contributed by atoms with Crippen LogP contribution in [0.2, 0.25) is 13.1 Å². The van der Waals surface area contributed by atoms with Crippen LogP contribution < -0.4 is 5.19 Å². The Balaban J connectivity index is 1.50. The van der Waals surface area contributed by atoms with Crippen LogP contribution in [0.3, 0.4) is 0 Å². The molecule has 0 saturated carbocycles. The number of rotatable bonds is 0. The van der Waals surface area contributed by atoms with Gasteiger partial charge in [-0.3, -0.25) is 0 Å². The summed E-state index contributed by atoms with van der Waals surface area (Å²) in [7, 11) is -1.63. The van der Waals surface area contributed by atoms with Gasteiger partial charge >= 0.3 is 0 Å². The van der Waals surface area contributed by atoms with Crippen LogP contribution in [-0.2, 0) is 5.41 Å². The molecule has 0 N–H and O–H groups in total. The summed E-state index contributed by atoms with van der Waals surface area (Å²) in [4.78, 5) is 0. The van der Waals surface area contributed by atoms with Crippen LogP contribution in [0.4, 0.5) is 0 Å². The van der Waals surface area contributed by atoms with Gasteiger partial charge in [-0.05, 0) is 78.5 Å². The Labute approximate surface area is 202 Å². The van der Waals surface area contributed by atoms with Gasteiger partial charge < -0.3 is 0 Å². The minimum absolute atomic E-state index is 0.0346. The van der Waals surface area contributed by atoms with Crippen molar-refractivity contribution in [3.63, 3.8) is 0 Å². The Morgan fingerprint density at radius 1 is 0.824 bits per heavy atom. The maximum absolute atomic E-state index is 2.56. The van der Waals surface area contributed by atoms with Crippen molar-refractivity contribution in [1.29, 1.82) is 0 Å². The highest BCUT2D eigenvalue weighted by molar-refractivity contribution is 6.98. The third kappa shape index (κ3) is 2.03. The summed E-state index contributed by atoms with van der Waals surface area (Å²) in [5.74, 6) is 0.494. The van der Waals surface area contributed by atoms with Crippen molar-refractivity contribution in [2.24, 2.45) is 0 Å². The predicted molar refractivity (Wildman–Crippen MR) is 147 cm³/mol. The maximum atomic E-state index is 2.56. The summed E-state index contributed by atoms with van der Waals surface area (Å²) in [6, 6.07) is 25.7. The normalized spacial score (nSPS) is 21.4. The zero-order valence-corrected chi connectivity index (χ0v) is 21.3. The molecule has 0 spiro atoms. The number of hydrogen-bond acceptors (Lipinski definition) is 0. The minimum Gasteiger partial charge on any atom is -0.0760 e. The van der Waals surface area contributed by atoms with E-state index < -0.39 is 8.07 Å². The zero-order chi connectivity index (χ0) is 23.0. The summed E-state index contributed by atoms with van der Waals surface area (Å²) in [6.07, 6.45) is 6.19. The van der Waals surface area contributed by atoms with E-state index in [0.29, 0.717) is 5.92 Å².